The van der Waals surface area contributed by atoms with Gasteiger partial charge in [0.05, 0.1) is 20.1 Å². The van der Waals surface area contributed by atoms with Gasteiger partial charge in [0.1, 0.15) is 5.75 Å². The average molecular weight is 341 g/mol. The van der Waals surface area contributed by atoms with Crippen LogP contribution in [0.4, 0.5) is 0 Å². The van der Waals surface area contributed by atoms with Gasteiger partial charge in [0.25, 0.3) is 0 Å². The van der Waals surface area contributed by atoms with Gasteiger partial charge in [0.2, 0.25) is 0 Å². The van der Waals surface area contributed by atoms with Crippen LogP contribution in [0.15, 0.2) is 18.2 Å². The zero-order valence-electron chi connectivity index (χ0n) is 14.4. The number of benzene rings is 1. The Morgan fingerprint density at radius 2 is 1.70 bits per heavy atom. The van der Waals surface area contributed by atoms with Crippen LogP contribution >= 0.6 is 11.6 Å². The van der Waals surface area contributed by atoms with E-state index in [1.807, 2.05) is 0 Å². The van der Waals surface area contributed by atoms with Gasteiger partial charge < -0.3 is 9.47 Å². The Balaban J connectivity index is 2.11. The third kappa shape index (κ3) is 8.85. The number of hydrogen-bond acceptors (Lipinski definition) is 3. The first-order valence-electron chi connectivity index (χ1n) is 8.65. The van der Waals surface area contributed by atoms with Gasteiger partial charge in [-0.25, -0.2) is 0 Å². The molecule has 0 N–H and O–H groups in total. The van der Waals surface area contributed by atoms with E-state index < -0.39 is 0 Å². The van der Waals surface area contributed by atoms with E-state index in [1.54, 1.807) is 25.3 Å². The molecule has 0 amide bonds. The minimum Gasteiger partial charge on any atom is -0.497 e. The number of rotatable bonds is 12. The number of halogens is 1. The molecule has 0 radical (unpaired) electrons. The van der Waals surface area contributed by atoms with Crippen molar-refractivity contribution in [2.45, 2.75) is 64.7 Å². The van der Waals surface area contributed by atoms with Crippen molar-refractivity contribution in [3.63, 3.8) is 0 Å². The lowest BCUT2D eigenvalue weighted by molar-refractivity contribution is -0.142. The molecule has 0 unspecified atom stereocenters. The smallest absolute Gasteiger partial charge is 0.310 e. The fourth-order valence-electron chi connectivity index (χ4n) is 2.43. The lowest BCUT2D eigenvalue weighted by Crippen LogP contribution is -2.09. The van der Waals surface area contributed by atoms with Crippen LogP contribution in [0.3, 0.4) is 0 Å². The largest absolute Gasteiger partial charge is 0.497 e. The van der Waals surface area contributed by atoms with Crippen LogP contribution in [0.1, 0.15) is 63.9 Å². The van der Waals surface area contributed by atoms with Crippen molar-refractivity contribution in [3.8, 4) is 5.75 Å². The summed E-state index contributed by atoms with van der Waals surface area (Å²) in [5, 5.41) is 0.536. The van der Waals surface area contributed by atoms with Crippen molar-refractivity contribution in [1.29, 1.82) is 0 Å². The van der Waals surface area contributed by atoms with E-state index in [0.29, 0.717) is 17.4 Å². The van der Waals surface area contributed by atoms with Crippen molar-refractivity contribution in [3.05, 3.63) is 28.8 Å². The highest BCUT2D eigenvalue weighted by Gasteiger charge is 2.09. The zero-order chi connectivity index (χ0) is 16.9. The Morgan fingerprint density at radius 1 is 1.04 bits per heavy atom. The summed E-state index contributed by atoms with van der Waals surface area (Å²) >= 11 is 6.12. The molecule has 0 atom stereocenters. The van der Waals surface area contributed by atoms with Gasteiger partial charge in [0.15, 0.2) is 0 Å². The van der Waals surface area contributed by atoms with Gasteiger partial charge in [-0.3, -0.25) is 4.79 Å². The summed E-state index contributed by atoms with van der Waals surface area (Å²) in [5.74, 6) is 0.464. The third-order valence-electron chi connectivity index (χ3n) is 3.86. The summed E-state index contributed by atoms with van der Waals surface area (Å²) in [4.78, 5) is 11.8. The van der Waals surface area contributed by atoms with E-state index >= 15 is 0 Å². The molecule has 0 aliphatic carbocycles. The fraction of sp³-hybridized carbons (Fsp3) is 0.632. The van der Waals surface area contributed by atoms with Crippen LogP contribution < -0.4 is 4.74 Å². The van der Waals surface area contributed by atoms with Gasteiger partial charge in [-0.2, -0.15) is 0 Å². The van der Waals surface area contributed by atoms with Crippen molar-refractivity contribution in [1.82, 2.24) is 0 Å². The highest BCUT2D eigenvalue weighted by Crippen LogP contribution is 2.23. The van der Waals surface area contributed by atoms with E-state index in [2.05, 4.69) is 6.92 Å². The Morgan fingerprint density at radius 3 is 2.30 bits per heavy atom. The second-order valence-electron chi connectivity index (χ2n) is 5.83. The second kappa shape index (κ2) is 12.2. The summed E-state index contributed by atoms with van der Waals surface area (Å²) in [5.41, 5.74) is 0.772. The molecule has 1 aromatic carbocycles. The van der Waals surface area contributed by atoms with E-state index in [-0.39, 0.29) is 12.4 Å². The molecule has 3 nitrogen and oxygen atoms in total. The molecule has 0 saturated heterocycles. The van der Waals surface area contributed by atoms with Gasteiger partial charge in [-0.05, 0) is 24.1 Å². The van der Waals surface area contributed by atoms with Gasteiger partial charge in [0, 0.05) is 5.02 Å². The maximum absolute atomic E-state index is 11.8. The first-order valence-corrected chi connectivity index (χ1v) is 9.03. The van der Waals surface area contributed by atoms with Crippen molar-refractivity contribution in [2.75, 3.05) is 13.7 Å². The first-order chi connectivity index (χ1) is 11.2. The normalized spacial score (nSPS) is 10.6. The molecule has 0 aromatic heterocycles. The molecule has 1 rings (SSSR count). The fourth-order valence-corrected chi connectivity index (χ4v) is 2.66. The number of esters is 1. The molecular weight excluding hydrogens is 312 g/mol. The zero-order valence-corrected chi connectivity index (χ0v) is 15.2. The van der Waals surface area contributed by atoms with Crippen LogP contribution in [-0.2, 0) is 16.0 Å². The van der Waals surface area contributed by atoms with E-state index in [0.717, 1.165) is 18.4 Å². The quantitative estimate of drug-likeness (QED) is 0.368. The molecule has 0 heterocycles. The highest BCUT2D eigenvalue weighted by atomic mass is 35.5. The average Bonchev–Trinajstić information content (AvgIpc) is 2.55. The first kappa shape index (κ1) is 19.8. The molecule has 0 spiro atoms. The monoisotopic (exact) mass is 340 g/mol. The van der Waals surface area contributed by atoms with E-state index in [9.17, 15) is 4.79 Å². The number of methoxy groups -OCH3 is 1. The molecule has 0 bridgehead atoms. The molecule has 130 valence electrons. The number of carbonyl (C=O) groups excluding carboxylic acids is 1. The van der Waals surface area contributed by atoms with Crippen LogP contribution in [0.5, 0.6) is 5.75 Å². The summed E-state index contributed by atoms with van der Waals surface area (Å²) < 4.78 is 10.4. The topological polar surface area (TPSA) is 35.5 Å². The Hall–Kier alpha value is -1.22. The van der Waals surface area contributed by atoms with Crippen molar-refractivity contribution >= 4 is 17.6 Å². The molecule has 0 saturated carbocycles. The highest BCUT2D eigenvalue weighted by molar-refractivity contribution is 6.31. The minimum atomic E-state index is -0.222. The molecular formula is C19H29ClO3. The SMILES string of the molecule is CCCCCCCCCCOC(=O)Cc1ccc(OC)cc1Cl. The predicted octanol–water partition coefficient (Wildman–Crippen LogP) is 5.58. The summed E-state index contributed by atoms with van der Waals surface area (Å²) in [6.45, 7) is 2.73. The maximum atomic E-state index is 11.8. The molecule has 4 heteroatoms. The number of unbranched alkanes of at least 4 members (excludes halogenated alkanes) is 7. The minimum absolute atomic E-state index is 0.208. The van der Waals surface area contributed by atoms with E-state index in [4.69, 9.17) is 21.1 Å². The van der Waals surface area contributed by atoms with Crippen LogP contribution in [0.2, 0.25) is 5.02 Å². The van der Waals surface area contributed by atoms with Gasteiger partial charge in [-0.1, -0.05) is 69.5 Å². The lowest BCUT2D eigenvalue weighted by atomic mass is 10.1. The third-order valence-corrected chi connectivity index (χ3v) is 4.21. The molecule has 0 fully saturated rings. The second-order valence-corrected chi connectivity index (χ2v) is 6.24. The summed E-state index contributed by atoms with van der Waals surface area (Å²) in [6.07, 6.45) is 10.1. The molecule has 0 aliphatic heterocycles. The Labute approximate surface area is 145 Å². The molecule has 23 heavy (non-hydrogen) atoms. The standard InChI is InChI=1S/C19H29ClO3/c1-3-4-5-6-7-8-9-10-13-23-19(21)14-16-11-12-17(22-2)15-18(16)20/h11-12,15H,3-10,13-14H2,1-2H3. The molecule has 1 aromatic rings. The predicted molar refractivity (Wildman–Crippen MR) is 95.3 cm³/mol. The number of carbonyl (C=O) groups is 1. The summed E-state index contributed by atoms with van der Waals surface area (Å²) in [7, 11) is 1.59. The Kier molecular flexibility index (Phi) is 10.5. The van der Waals surface area contributed by atoms with Crippen molar-refractivity contribution < 1.29 is 14.3 Å². The molecule has 0 aliphatic rings. The van der Waals surface area contributed by atoms with Gasteiger partial charge >= 0.3 is 5.97 Å². The summed E-state index contributed by atoms with van der Waals surface area (Å²) in [6, 6.07) is 5.31. The maximum Gasteiger partial charge on any atom is 0.310 e. The Bertz CT molecular complexity index is 460. The van der Waals surface area contributed by atoms with Gasteiger partial charge in [-0.15, -0.1) is 0 Å². The van der Waals surface area contributed by atoms with Crippen LogP contribution in [-0.4, -0.2) is 19.7 Å². The number of ether oxygens (including phenoxy) is 2. The lowest BCUT2D eigenvalue weighted by Gasteiger charge is -2.07. The van der Waals surface area contributed by atoms with Crippen LogP contribution in [0.25, 0.3) is 0 Å². The van der Waals surface area contributed by atoms with Crippen LogP contribution in [0, 0.1) is 0 Å². The van der Waals surface area contributed by atoms with Crippen molar-refractivity contribution in [2.24, 2.45) is 0 Å². The number of hydrogen-bond donors (Lipinski definition) is 0. The van der Waals surface area contributed by atoms with E-state index in [1.165, 1.54) is 38.5 Å².